The summed E-state index contributed by atoms with van der Waals surface area (Å²) >= 11 is 1.45. The van der Waals surface area contributed by atoms with E-state index in [1.54, 1.807) is 6.92 Å². The molecule has 1 aromatic heterocycles. The van der Waals surface area contributed by atoms with Gasteiger partial charge in [0.05, 0.1) is 33.6 Å². The Morgan fingerprint density at radius 3 is 2.86 bits per heavy atom. The van der Waals surface area contributed by atoms with Crippen LogP contribution in [-0.2, 0) is 4.74 Å². The lowest BCUT2D eigenvalue weighted by Crippen LogP contribution is -2.34. The summed E-state index contributed by atoms with van der Waals surface area (Å²) in [6.45, 7) is 4.37. The topological polar surface area (TPSA) is 77.6 Å². The van der Waals surface area contributed by atoms with Crippen molar-refractivity contribution < 1.29 is 13.9 Å². The number of esters is 1. The Kier molecular flexibility index (Phi) is 5.16. The molecule has 0 saturated heterocycles. The lowest BCUT2D eigenvalue weighted by molar-refractivity contribution is 0.0518. The molecule has 8 heteroatoms. The van der Waals surface area contributed by atoms with Crippen molar-refractivity contribution >= 4 is 40.4 Å². The van der Waals surface area contributed by atoms with Crippen molar-refractivity contribution in [2.45, 2.75) is 43.1 Å². The first-order valence-electron chi connectivity index (χ1n) is 9.78. The van der Waals surface area contributed by atoms with Gasteiger partial charge in [-0.2, -0.15) is 0 Å². The standard InChI is InChI=1S/C21H24FN3O3S/c1-4-28-21(27)16-19(26)14-10-15(22)18-13(17(14)25-11(2)29-20(16)25)7-5-6-12(8-9-23)24(18)3/h5,7,10-12H,4,6,8-9,23H2,1-3H3. The minimum atomic E-state index is -0.659. The maximum atomic E-state index is 15.3. The molecular weight excluding hydrogens is 393 g/mol. The second-order valence-electron chi connectivity index (χ2n) is 7.31. The van der Waals surface area contributed by atoms with E-state index >= 15 is 4.39 Å². The number of hydrogen-bond donors (Lipinski definition) is 1. The van der Waals surface area contributed by atoms with E-state index in [0.29, 0.717) is 28.3 Å². The van der Waals surface area contributed by atoms with Crippen molar-refractivity contribution in [2.75, 3.05) is 25.1 Å². The number of pyridine rings is 1. The molecule has 2 atom stereocenters. The van der Waals surface area contributed by atoms with Crippen LogP contribution in [0.25, 0.3) is 17.0 Å². The van der Waals surface area contributed by atoms with Gasteiger partial charge in [0.1, 0.15) is 11.4 Å². The number of carbonyl (C=O) groups excluding carboxylic acids is 1. The van der Waals surface area contributed by atoms with Gasteiger partial charge in [-0.25, -0.2) is 9.18 Å². The van der Waals surface area contributed by atoms with Crippen molar-refractivity contribution in [2.24, 2.45) is 5.73 Å². The Morgan fingerprint density at radius 1 is 1.45 bits per heavy atom. The summed E-state index contributed by atoms with van der Waals surface area (Å²) in [5, 5.41) is 0.814. The van der Waals surface area contributed by atoms with Crippen LogP contribution in [0.4, 0.5) is 10.1 Å². The molecule has 1 aromatic carbocycles. The number of thioether (sulfide) groups is 1. The summed E-state index contributed by atoms with van der Waals surface area (Å²) in [5.41, 5.74) is 7.06. The third-order valence-electron chi connectivity index (χ3n) is 5.63. The van der Waals surface area contributed by atoms with Gasteiger partial charge in [-0.15, -0.1) is 0 Å². The first-order valence-corrected chi connectivity index (χ1v) is 10.7. The molecule has 6 nitrogen and oxygen atoms in total. The number of halogens is 1. The highest BCUT2D eigenvalue weighted by atomic mass is 32.2. The number of rotatable bonds is 4. The zero-order valence-corrected chi connectivity index (χ0v) is 17.5. The Morgan fingerprint density at radius 2 is 2.21 bits per heavy atom. The normalized spacial score (nSPS) is 20.1. The Bertz CT molecular complexity index is 1100. The van der Waals surface area contributed by atoms with Gasteiger partial charge in [-0.3, -0.25) is 4.79 Å². The van der Waals surface area contributed by atoms with E-state index in [1.165, 1.54) is 17.8 Å². The lowest BCUT2D eigenvalue weighted by atomic mass is 10.0. The molecule has 2 aliphatic heterocycles. The van der Waals surface area contributed by atoms with Gasteiger partial charge >= 0.3 is 5.97 Å². The van der Waals surface area contributed by atoms with Crippen molar-refractivity contribution in [3.63, 3.8) is 0 Å². The molecule has 0 spiro atoms. The molecule has 29 heavy (non-hydrogen) atoms. The average Bonchev–Trinajstić information content (AvgIpc) is 2.83. The quantitative estimate of drug-likeness (QED) is 0.767. The summed E-state index contributed by atoms with van der Waals surface area (Å²) in [5.74, 6) is -1.13. The summed E-state index contributed by atoms with van der Waals surface area (Å²) in [6.07, 6.45) is 5.38. The molecule has 3 heterocycles. The molecule has 0 saturated carbocycles. The molecule has 0 amide bonds. The van der Waals surface area contributed by atoms with Crippen LogP contribution in [0.5, 0.6) is 0 Å². The van der Waals surface area contributed by atoms with Crippen LogP contribution in [0, 0.1) is 5.82 Å². The number of benzene rings is 1. The predicted octanol–water partition coefficient (Wildman–Crippen LogP) is 3.51. The third-order valence-corrected chi connectivity index (χ3v) is 6.80. The molecule has 0 fully saturated rings. The third kappa shape index (κ3) is 2.97. The molecule has 2 aliphatic rings. The number of anilines is 1. The first-order chi connectivity index (χ1) is 13.9. The maximum absolute atomic E-state index is 15.3. The highest BCUT2D eigenvalue weighted by Crippen LogP contribution is 2.48. The van der Waals surface area contributed by atoms with Crippen LogP contribution >= 0.6 is 11.8 Å². The van der Waals surface area contributed by atoms with Crippen LogP contribution in [0.1, 0.15) is 48.0 Å². The number of nitrogens with zero attached hydrogens (tertiary/aromatic N) is 2. The van der Waals surface area contributed by atoms with Gasteiger partial charge < -0.3 is 19.9 Å². The maximum Gasteiger partial charge on any atom is 0.344 e. The fourth-order valence-electron chi connectivity index (χ4n) is 4.25. The van der Waals surface area contributed by atoms with Crippen LogP contribution in [0.15, 0.2) is 22.0 Å². The molecule has 0 bridgehead atoms. The SMILES string of the molecule is CCOC(=O)c1c2n(c3c4c(c(F)cc3c1=O)N(C)C(CCN)CC=C4)C(C)S2. The van der Waals surface area contributed by atoms with Crippen LogP contribution in [0.3, 0.4) is 0 Å². The van der Waals surface area contributed by atoms with E-state index in [9.17, 15) is 9.59 Å². The Balaban J connectivity index is 2.05. The van der Waals surface area contributed by atoms with Gasteiger partial charge in [0, 0.05) is 18.7 Å². The van der Waals surface area contributed by atoms with Crippen molar-refractivity contribution in [1.29, 1.82) is 0 Å². The zero-order chi connectivity index (χ0) is 20.9. The fraction of sp³-hybridized carbons (Fsp3) is 0.429. The summed E-state index contributed by atoms with van der Waals surface area (Å²) in [4.78, 5) is 27.5. The van der Waals surface area contributed by atoms with E-state index < -0.39 is 17.2 Å². The number of fused-ring (bicyclic) bond motifs is 5. The monoisotopic (exact) mass is 417 g/mol. The average molecular weight is 418 g/mol. The van der Waals surface area contributed by atoms with E-state index in [2.05, 4.69) is 0 Å². The number of hydrogen-bond acceptors (Lipinski definition) is 6. The van der Waals surface area contributed by atoms with Gasteiger partial charge in [0.2, 0.25) is 5.43 Å². The second kappa shape index (κ2) is 7.50. The number of ether oxygens (including phenoxy) is 1. The van der Waals surface area contributed by atoms with Crippen LogP contribution in [0.2, 0.25) is 0 Å². The van der Waals surface area contributed by atoms with Crippen LogP contribution < -0.4 is 16.1 Å². The second-order valence-corrected chi connectivity index (χ2v) is 8.62. The fourth-order valence-corrected chi connectivity index (χ4v) is 5.39. The first kappa shape index (κ1) is 20.0. The van der Waals surface area contributed by atoms with Crippen LogP contribution in [-0.4, -0.2) is 36.8 Å². The van der Waals surface area contributed by atoms with E-state index in [0.717, 1.165) is 12.8 Å². The minimum absolute atomic E-state index is 0.00577. The molecule has 2 N–H and O–H groups in total. The summed E-state index contributed by atoms with van der Waals surface area (Å²) < 4.78 is 22.3. The molecule has 2 unspecified atom stereocenters. The Hall–Kier alpha value is -2.32. The van der Waals surface area contributed by atoms with Gasteiger partial charge in [0.25, 0.3) is 0 Å². The summed E-state index contributed by atoms with van der Waals surface area (Å²) in [6, 6.07) is 1.34. The van der Waals surface area contributed by atoms with Crippen molar-refractivity contribution in [3.05, 3.63) is 39.3 Å². The molecule has 4 rings (SSSR count). The van der Waals surface area contributed by atoms with E-state index in [-0.39, 0.29) is 29.0 Å². The molecule has 2 aromatic rings. The summed E-state index contributed by atoms with van der Waals surface area (Å²) in [7, 11) is 1.86. The highest BCUT2D eigenvalue weighted by molar-refractivity contribution is 8.00. The van der Waals surface area contributed by atoms with E-state index in [1.807, 2.05) is 35.6 Å². The number of carbonyl (C=O) groups is 1. The zero-order valence-electron chi connectivity index (χ0n) is 16.7. The highest BCUT2D eigenvalue weighted by Gasteiger charge is 2.36. The predicted molar refractivity (Wildman–Crippen MR) is 114 cm³/mol. The molecule has 0 aliphatic carbocycles. The van der Waals surface area contributed by atoms with Crippen molar-refractivity contribution in [1.82, 2.24) is 4.57 Å². The van der Waals surface area contributed by atoms with Crippen molar-refractivity contribution in [3.8, 4) is 0 Å². The molecule has 154 valence electrons. The largest absolute Gasteiger partial charge is 0.462 e. The van der Waals surface area contributed by atoms with E-state index in [4.69, 9.17) is 10.5 Å². The van der Waals surface area contributed by atoms with Gasteiger partial charge in [-0.05, 0) is 39.3 Å². The van der Waals surface area contributed by atoms with Gasteiger partial charge in [-0.1, -0.05) is 23.9 Å². The lowest BCUT2D eigenvalue weighted by Gasteiger charge is -2.35. The smallest absolute Gasteiger partial charge is 0.344 e. The van der Waals surface area contributed by atoms with Gasteiger partial charge in [0.15, 0.2) is 0 Å². The number of aromatic nitrogens is 1. The molecular formula is C21H24FN3O3S. The minimum Gasteiger partial charge on any atom is -0.462 e. The Labute approximate surface area is 172 Å². The molecule has 0 radical (unpaired) electrons. The number of nitrogens with two attached hydrogens (primary N) is 1.